The molecule has 29 heavy (non-hydrogen) atoms. The number of hydrogen-bond donors (Lipinski definition) is 0. The summed E-state index contributed by atoms with van der Waals surface area (Å²) >= 11 is 1.31. The standard InChI is InChI=1S/C21H19N3O4S/c22-12-14-5-7-15(8-6-14)24-19(25)11-17(20(24)26)23(13-16-3-1-9-28-16)21(27)18-4-2-10-29-18/h2,4-8,10,16-17H,1,3,9,11,13H2. The van der Waals surface area contributed by atoms with Crippen molar-refractivity contribution < 1.29 is 19.1 Å². The number of anilines is 1. The molecule has 0 N–H and O–H groups in total. The van der Waals surface area contributed by atoms with Crippen LogP contribution in [0.4, 0.5) is 5.69 Å². The van der Waals surface area contributed by atoms with Crippen LogP contribution in [-0.4, -0.2) is 47.9 Å². The van der Waals surface area contributed by atoms with Crippen molar-refractivity contribution in [3.63, 3.8) is 0 Å². The molecule has 3 heterocycles. The van der Waals surface area contributed by atoms with Gasteiger partial charge in [-0.25, -0.2) is 4.90 Å². The Balaban J connectivity index is 1.61. The van der Waals surface area contributed by atoms with Gasteiger partial charge in [-0.15, -0.1) is 11.3 Å². The Hall–Kier alpha value is -3.02. The van der Waals surface area contributed by atoms with Crippen molar-refractivity contribution in [1.82, 2.24) is 4.90 Å². The number of rotatable bonds is 5. The van der Waals surface area contributed by atoms with Gasteiger partial charge in [0.15, 0.2) is 0 Å². The van der Waals surface area contributed by atoms with Crippen LogP contribution in [0.5, 0.6) is 0 Å². The van der Waals surface area contributed by atoms with E-state index in [1.807, 2.05) is 11.4 Å². The zero-order chi connectivity index (χ0) is 20.4. The summed E-state index contributed by atoms with van der Waals surface area (Å²) < 4.78 is 5.68. The molecular weight excluding hydrogens is 390 g/mol. The maximum absolute atomic E-state index is 13.2. The monoisotopic (exact) mass is 409 g/mol. The van der Waals surface area contributed by atoms with E-state index in [-0.39, 0.29) is 30.9 Å². The summed E-state index contributed by atoms with van der Waals surface area (Å²) in [5, 5.41) is 10.8. The van der Waals surface area contributed by atoms with Crippen LogP contribution < -0.4 is 4.90 Å². The third-order valence-corrected chi connectivity index (χ3v) is 6.03. The number of amides is 3. The number of nitrogens with zero attached hydrogens (tertiary/aromatic N) is 3. The average Bonchev–Trinajstić information content (AvgIpc) is 3.48. The quantitative estimate of drug-likeness (QED) is 0.708. The second-order valence-electron chi connectivity index (χ2n) is 7.02. The largest absolute Gasteiger partial charge is 0.376 e. The molecule has 1 aromatic carbocycles. The van der Waals surface area contributed by atoms with E-state index in [1.165, 1.54) is 16.2 Å². The maximum atomic E-state index is 13.2. The molecule has 2 aromatic rings. The number of thiophene rings is 1. The van der Waals surface area contributed by atoms with E-state index in [9.17, 15) is 14.4 Å². The first-order valence-electron chi connectivity index (χ1n) is 9.41. The molecular formula is C21H19N3O4S. The van der Waals surface area contributed by atoms with Gasteiger partial charge in [-0.05, 0) is 48.6 Å². The van der Waals surface area contributed by atoms with Crippen LogP contribution in [0.15, 0.2) is 41.8 Å². The number of benzene rings is 1. The molecule has 2 fully saturated rings. The van der Waals surface area contributed by atoms with Gasteiger partial charge in [-0.1, -0.05) is 6.07 Å². The van der Waals surface area contributed by atoms with E-state index in [2.05, 4.69) is 0 Å². The molecule has 0 saturated carbocycles. The molecule has 0 spiro atoms. The van der Waals surface area contributed by atoms with Crippen LogP contribution in [0.25, 0.3) is 0 Å². The summed E-state index contributed by atoms with van der Waals surface area (Å²) in [5.74, 6) is -1.05. The molecule has 2 saturated heterocycles. The van der Waals surface area contributed by atoms with Gasteiger partial charge in [-0.3, -0.25) is 14.4 Å². The Labute approximate surface area is 172 Å². The van der Waals surface area contributed by atoms with Crippen molar-refractivity contribution >= 4 is 34.7 Å². The molecule has 148 valence electrons. The lowest BCUT2D eigenvalue weighted by molar-refractivity contribution is -0.122. The van der Waals surface area contributed by atoms with Gasteiger partial charge in [0, 0.05) is 13.2 Å². The highest BCUT2D eigenvalue weighted by Gasteiger charge is 2.45. The highest BCUT2D eigenvalue weighted by molar-refractivity contribution is 7.12. The van der Waals surface area contributed by atoms with Crippen LogP contribution in [0.3, 0.4) is 0 Å². The average molecular weight is 409 g/mol. The van der Waals surface area contributed by atoms with Gasteiger partial charge in [0.2, 0.25) is 5.91 Å². The molecule has 2 aliphatic heterocycles. The number of ether oxygens (including phenoxy) is 1. The van der Waals surface area contributed by atoms with E-state index < -0.39 is 11.9 Å². The fourth-order valence-electron chi connectivity index (χ4n) is 3.72. The summed E-state index contributed by atoms with van der Waals surface area (Å²) in [7, 11) is 0. The van der Waals surface area contributed by atoms with E-state index in [1.54, 1.807) is 36.4 Å². The highest BCUT2D eigenvalue weighted by Crippen LogP contribution is 2.28. The van der Waals surface area contributed by atoms with Gasteiger partial charge >= 0.3 is 0 Å². The molecule has 0 aliphatic carbocycles. The van der Waals surface area contributed by atoms with Crippen LogP contribution >= 0.6 is 11.3 Å². The van der Waals surface area contributed by atoms with E-state index in [4.69, 9.17) is 10.00 Å². The predicted molar refractivity (Wildman–Crippen MR) is 106 cm³/mol. The fraction of sp³-hybridized carbons (Fsp3) is 0.333. The zero-order valence-electron chi connectivity index (χ0n) is 15.6. The molecule has 4 rings (SSSR count). The smallest absolute Gasteiger partial charge is 0.264 e. The lowest BCUT2D eigenvalue weighted by Gasteiger charge is -2.29. The zero-order valence-corrected chi connectivity index (χ0v) is 16.4. The Morgan fingerprint density at radius 2 is 2.07 bits per heavy atom. The van der Waals surface area contributed by atoms with Gasteiger partial charge in [0.05, 0.1) is 34.7 Å². The highest BCUT2D eigenvalue weighted by atomic mass is 32.1. The summed E-state index contributed by atoms with van der Waals surface area (Å²) in [5.41, 5.74) is 0.847. The molecule has 3 amide bonds. The van der Waals surface area contributed by atoms with Crippen molar-refractivity contribution in [3.05, 3.63) is 52.2 Å². The van der Waals surface area contributed by atoms with Crippen LogP contribution in [-0.2, 0) is 14.3 Å². The first kappa shape index (κ1) is 19.3. The summed E-state index contributed by atoms with van der Waals surface area (Å²) in [6, 6.07) is 10.9. The van der Waals surface area contributed by atoms with Gasteiger partial charge < -0.3 is 9.64 Å². The van der Waals surface area contributed by atoms with E-state index >= 15 is 0 Å². The molecule has 2 aliphatic rings. The minimum absolute atomic E-state index is 0.0668. The second-order valence-corrected chi connectivity index (χ2v) is 7.96. The normalized spacial score (nSPS) is 21.4. The lowest BCUT2D eigenvalue weighted by Crippen LogP contribution is -2.48. The summed E-state index contributed by atoms with van der Waals surface area (Å²) in [6.07, 6.45) is 1.54. The van der Waals surface area contributed by atoms with Crippen LogP contribution in [0.1, 0.15) is 34.5 Å². The minimum atomic E-state index is -0.864. The van der Waals surface area contributed by atoms with Crippen LogP contribution in [0, 0.1) is 11.3 Å². The first-order chi connectivity index (χ1) is 14.1. The topological polar surface area (TPSA) is 90.7 Å². The molecule has 2 unspecified atom stereocenters. The number of carbonyl (C=O) groups excluding carboxylic acids is 3. The predicted octanol–water partition coefficient (Wildman–Crippen LogP) is 2.57. The molecule has 2 atom stereocenters. The van der Waals surface area contributed by atoms with Crippen molar-refractivity contribution in [2.24, 2.45) is 0 Å². The van der Waals surface area contributed by atoms with Crippen LogP contribution in [0.2, 0.25) is 0 Å². The van der Waals surface area contributed by atoms with Crippen molar-refractivity contribution in [2.75, 3.05) is 18.1 Å². The molecule has 0 bridgehead atoms. The van der Waals surface area contributed by atoms with Gasteiger partial charge in [0.25, 0.3) is 11.8 Å². The van der Waals surface area contributed by atoms with Crippen molar-refractivity contribution in [1.29, 1.82) is 5.26 Å². The first-order valence-corrected chi connectivity index (χ1v) is 10.3. The Morgan fingerprint density at radius 3 is 2.69 bits per heavy atom. The molecule has 8 heteroatoms. The van der Waals surface area contributed by atoms with Crippen molar-refractivity contribution in [2.45, 2.75) is 31.4 Å². The Morgan fingerprint density at radius 1 is 1.28 bits per heavy atom. The number of imide groups is 1. The Bertz CT molecular complexity index is 959. The fourth-order valence-corrected chi connectivity index (χ4v) is 4.40. The summed E-state index contributed by atoms with van der Waals surface area (Å²) in [6.45, 7) is 0.919. The Kier molecular flexibility index (Phi) is 5.43. The van der Waals surface area contributed by atoms with Gasteiger partial charge in [-0.2, -0.15) is 5.26 Å². The molecule has 7 nitrogen and oxygen atoms in total. The third-order valence-electron chi connectivity index (χ3n) is 5.17. The number of nitriles is 1. The summed E-state index contributed by atoms with van der Waals surface area (Å²) in [4.78, 5) is 42.1. The maximum Gasteiger partial charge on any atom is 0.264 e. The SMILES string of the molecule is N#Cc1ccc(N2C(=O)CC(N(CC3CCCO3)C(=O)c3cccs3)C2=O)cc1. The number of hydrogen-bond acceptors (Lipinski definition) is 6. The van der Waals surface area contributed by atoms with E-state index in [0.717, 1.165) is 17.7 Å². The number of carbonyl (C=O) groups is 3. The van der Waals surface area contributed by atoms with E-state index in [0.29, 0.717) is 22.7 Å². The van der Waals surface area contributed by atoms with Crippen molar-refractivity contribution in [3.8, 4) is 6.07 Å². The second kappa shape index (κ2) is 8.15. The third kappa shape index (κ3) is 3.79. The molecule has 1 aromatic heterocycles. The molecule has 0 radical (unpaired) electrons. The minimum Gasteiger partial charge on any atom is -0.376 e. The lowest BCUT2D eigenvalue weighted by atomic mass is 10.1. The van der Waals surface area contributed by atoms with Gasteiger partial charge in [0.1, 0.15) is 6.04 Å².